The zero-order valence-corrected chi connectivity index (χ0v) is 9.65. The van der Waals surface area contributed by atoms with E-state index in [9.17, 15) is 0 Å². The summed E-state index contributed by atoms with van der Waals surface area (Å²) in [6.45, 7) is 6.36. The van der Waals surface area contributed by atoms with Gasteiger partial charge in [-0.25, -0.2) is 9.97 Å². The molecule has 2 heterocycles. The monoisotopic (exact) mass is 217 g/mol. The van der Waals surface area contributed by atoms with Crippen LogP contribution in [0.25, 0.3) is 0 Å². The zero-order chi connectivity index (χ0) is 11.6. The van der Waals surface area contributed by atoms with Gasteiger partial charge in [-0.05, 0) is 0 Å². The molecular formula is C11H15N5. The van der Waals surface area contributed by atoms with Crippen LogP contribution in [-0.2, 0) is 5.41 Å². The number of anilines is 2. The lowest BCUT2D eigenvalue weighted by atomic mass is 9.92. The molecule has 0 unspecified atom stereocenters. The molecule has 0 aliphatic rings. The molecule has 5 nitrogen and oxygen atoms in total. The largest absolute Gasteiger partial charge is 0.323 e. The first-order valence-corrected chi connectivity index (χ1v) is 5.15. The third kappa shape index (κ3) is 2.36. The lowest BCUT2D eigenvalue weighted by Gasteiger charge is -2.17. The van der Waals surface area contributed by atoms with Crippen molar-refractivity contribution in [2.24, 2.45) is 0 Å². The number of nitrogens with zero attached hydrogens (tertiary/aromatic N) is 3. The van der Waals surface area contributed by atoms with Gasteiger partial charge >= 0.3 is 0 Å². The second-order valence-corrected chi connectivity index (χ2v) is 4.62. The summed E-state index contributed by atoms with van der Waals surface area (Å²) >= 11 is 0. The summed E-state index contributed by atoms with van der Waals surface area (Å²) in [4.78, 5) is 8.41. The maximum absolute atomic E-state index is 4.26. The van der Waals surface area contributed by atoms with Crippen LogP contribution < -0.4 is 5.32 Å². The molecule has 84 valence electrons. The number of aromatic nitrogens is 4. The second kappa shape index (κ2) is 3.92. The lowest BCUT2D eigenvalue weighted by Crippen LogP contribution is -2.14. The van der Waals surface area contributed by atoms with Crippen LogP contribution in [0.3, 0.4) is 0 Å². The van der Waals surface area contributed by atoms with E-state index in [-0.39, 0.29) is 5.41 Å². The molecule has 0 spiro atoms. The highest BCUT2D eigenvalue weighted by Crippen LogP contribution is 2.22. The Balaban J connectivity index is 2.23. The highest BCUT2D eigenvalue weighted by atomic mass is 15.2. The van der Waals surface area contributed by atoms with Gasteiger partial charge in [0.2, 0.25) is 0 Å². The number of rotatable bonds is 2. The SMILES string of the molecule is CC(C)(C)c1cc(Nc2cc[nH]n2)ncn1. The number of nitrogens with one attached hydrogen (secondary N) is 2. The van der Waals surface area contributed by atoms with Crippen molar-refractivity contribution < 1.29 is 0 Å². The fraction of sp³-hybridized carbons (Fsp3) is 0.364. The van der Waals surface area contributed by atoms with Gasteiger partial charge in [0.05, 0.1) is 5.69 Å². The molecule has 0 aromatic carbocycles. The normalized spacial score (nSPS) is 11.4. The maximum atomic E-state index is 4.26. The predicted octanol–water partition coefficient (Wildman–Crippen LogP) is 2.24. The van der Waals surface area contributed by atoms with Gasteiger partial charge in [0.25, 0.3) is 0 Å². The standard InChI is InChI=1S/C11H15N5/c1-11(2,3)8-6-10(13-7-12-8)15-9-4-5-14-16-9/h4-7H,1-3H3,(H2,12,13,14,15,16). The minimum absolute atomic E-state index is 0.0188. The zero-order valence-electron chi connectivity index (χ0n) is 9.65. The highest BCUT2D eigenvalue weighted by molar-refractivity contribution is 5.51. The van der Waals surface area contributed by atoms with Gasteiger partial charge in [-0.1, -0.05) is 20.8 Å². The first kappa shape index (κ1) is 10.6. The first-order chi connectivity index (χ1) is 7.55. The van der Waals surface area contributed by atoms with Crippen LogP contribution in [-0.4, -0.2) is 20.2 Å². The van der Waals surface area contributed by atoms with Gasteiger partial charge in [0.1, 0.15) is 12.1 Å². The topological polar surface area (TPSA) is 66.5 Å². The smallest absolute Gasteiger partial charge is 0.153 e. The van der Waals surface area contributed by atoms with Gasteiger partial charge in [0, 0.05) is 23.7 Å². The summed E-state index contributed by atoms with van der Waals surface area (Å²) in [5.74, 6) is 1.51. The van der Waals surface area contributed by atoms with Gasteiger partial charge in [-0.3, -0.25) is 5.10 Å². The molecule has 2 aromatic rings. The van der Waals surface area contributed by atoms with Crippen LogP contribution >= 0.6 is 0 Å². The van der Waals surface area contributed by atoms with E-state index in [1.165, 1.54) is 0 Å². The van der Waals surface area contributed by atoms with Crippen LogP contribution in [0.4, 0.5) is 11.6 Å². The van der Waals surface area contributed by atoms with Crippen LogP contribution in [0.1, 0.15) is 26.5 Å². The van der Waals surface area contributed by atoms with Gasteiger partial charge in [-0.2, -0.15) is 5.10 Å². The van der Waals surface area contributed by atoms with Crippen molar-refractivity contribution in [2.45, 2.75) is 26.2 Å². The van der Waals surface area contributed by atoms with Gasteiger partial charge in [0.15, 0.2) is 5.82 Å². The Morgan fingerprint density at radius 3 is 2.62 bits per heavy atom. The average Bonchev–Trinajstić information content (AvgIpc) is 2.70. The lowest BCUT2D eigenvalue weighted by molar-refractivity contribution is 0.567. The Bertz CT molecular complexity index is 455. The summed E-state index contributed by atoms with van der Waals surface area (Å²) in [6.07, 6.45) is 3.32. The molecule has 16 heavy (non-hydrogen) atoms. The number of aromatic amines is 1. The molecule has 2 N–H and O–H groups in total. The van der Waals surface area contributed by atoms with Crippen molar-refractivity contribution in [3.05, 3.63) is 30.4 Å². The fourth-order valence-corrected chi connectivity index (χ4v) is 1.30. The number of hydrogen-bond donors (Lipinski definition) is 2. The fourth-order valence-electron chi connectivity index (χ4n) is 1.30. The Labute approximate surface area is 94.3 Å². The Kier molecular flexibility index (Phi) is 2.60. The van der Waals surface area contributed by atoms with Crippen molar-refractivity contribution >= 4 is 11.6 Å². The molecule has 0 atom stereocenters. The summed E-state index contributed by atoms with van der Waals surface area (Å²) in [6, 6.07) is 3.79. The molecule has 0 saturated heterocycles. The van der Waals surface area contributed by atoms with Crippen molar-refractivity contribution in [3.63, 3.8) is 0 Å². The molecule has 0 aliphatic carbocycles. The molecule has 0 radical (unpaired) electrons. The van der Waals surface area contributed by atoms with Crippen LogP contribution in [0.5, 0.6) is 0 Å². The van der Waals surface area contributed by atoms with Crippen LogP contribution in [0.2, 0.25) is 0 Å². The molecule has 2 rings (SSSR count). The Morgan fingerprint density at radius 2 is 2.00 bits per heavy atom. The van der Waals surface area contributed by atoms with Crippen molar-refractivity contribution in [2.75, 3.05) is 5.32 Å². The summed E-state index contributed by atoms with van der Waals surface area (Å²) in [7, 11) is 0. The minimum Gasteiger partial charge on any atom is -0.323 e. The second-order valence-electron chi connectivity index (χ2n) is 4.62. The van der Waals surface area contributed by atoms with E-state index in [4.69, 9.17) is 0 Å². The van der Waals surface area contributed by atoms with E-state index in [0.717, 1.165) is 17.3 Å². The third-order valence-corrected chi connectivity index (χ3v) is 2.19. The van der Waals surface area contributed by atoms with Gasteiger partial charge in [-0.15, -0.1) is 0 Å². The Hall–Kier alpha value is -1.91. The molecular weight excluding hydrogens is 202 g/mol. The van der Waals surface area contributed by atoms with Crippen molar-refractivity contribution in [1.82, 2.24) is 20.2 Å². The van der Waals surface area contributed by atoms with E-state index in [1.54, 1.807) is 12.5 Å². The molecule has 0 aliphatic heterocycles. The van der Waals surface area contributed by atoms with E-state index in [2.05, 4.69) is 46.3 Å². The predicted molar refractivity (Wildman–Crippen MR) is 62.6 cm³/mol. The number of H-pyrrole nitrogens is 1. The molecule has 0 amide bonds. The van der Waals surface area contributed by atoms with E-state index in [0.29, 0.717) is 0 Å². The van der Waals surface area contributed by atoms with E-state index < -0.39 is 0 Å². The molecule has 0 fully saturated rings. The molecule has 2 aromatic heterocycles. The van der Waals surface area contributed by atoms with Crippen molar-refractivity contribution in [3.8, 4) is 0 Å². The van der Waals surface area contributed by atoms with Crippen LogP contribution in [0, 0.1) is 0 Å². The highest BCUT2D eigenvalue weighted by Gasteiger charge is 2.15. The average molecular weight is 217 g/mol. The maximum Gasteiger partial charge on any atom is 0.153 e. The van der Waals surface area contributed by atoms with E-state index >= 15 is 0 Å². The summed E-state index contributed by atoms with van der Waals surface area (Å²) in [5.41, 5.74) is 1.02. The van der Waals surface area contributed by atoms with E-state index in [1.807, 2.05) is 12.1 Å². The summed E-state index contributed by atoms with van der Waals surface area (Å²) < 4.78 is 0. The Morgan fingerprint density at radius 1 is 1.19 bits per heavy atom. The molecule has 0 saturated carbocycles. The quantitative estimate of drug-likeness (QED) is 0.809. The minimum atomic E-state index is 0.0188. The van der Waals surface area contributed by atoms with Gasteiger partial charge < -0.3 is 5.32 Å². The third-order valence-electron chi connectivity index (χ3n) is 2.19. The molecule has 0 bridgehead atoms. The first-order valence-electron chi connectivity index (χ1n) is 5.15. The summed E-state index contributed by atoms with van der Waals surface area (Å²) in [5, 5.41) is 9.85. The van der Waals surface area contributed by atoms with Crippen LogP contribution in [0.15, 0.2) is 24.7 Å². The molecule has 5 heteroatoms. The van der Waals surface area contributed by atoms with Crippen molar-refractivity contribution in [1.29, 1.82) is 0 Å². The number of hydrogen-bond acceptors (Lipinski definition) is 4.